The fraction of sp³-hybridized carbons (Fsp3) is 0.176. The van der Waals surface area contributed by atoms with Crippen molar-refractivity contribution in [1.82, 2.24) is 4.90 Å². The maximum atomic E-state index is 12.1. The highest BCUT2D eigenvalue weighted by Crippen LogP contribution is 2.15. The number of anilines is 1. The predicted octanol–water partition coefficient (Wildman–Crippen LogP) is 3.44. The summed E-state index contributed by atoms with van der Waals surface area (Å²) in [4.78, 5) is 25.5. The molecule has 114 valence electrons. The smallest absolute Gasteiger partial charge is 0.233 e. The Bertz CT molecular complexity index is 659. The van der Waals surface area contributed by atoms with Crippen molar-refractivity contribution in [2.45, 2.75) is 13.0 Å². The van der Waals surface area contributed by atoms with Crippen LogP contribution in [0, 0.1) is 0 Å². The van der Waals surface area contributed by atoms with E-state index in [0.29, 0.717) is 12.2 Å². The van der Waals surface area contributed by atoms with Crippen LogP contribution in [0.4, 0.5) is 5.69 Å². The van der Waals surface area contributed by atoms with Gasteiger partial charge in [-0.15, -0.1) is 0 Å². The zero-order valence-corrected chi connectivity index (χ0v) is 13.8. The van der Waals surface area contributed by atoms with Crippen LogP contribution in [0.5, 0.6) is 0 Å². The number of hydrogen-bond acceptors (Lipinski definition) is 2. The third-order valence-corrected chi connectivity index (χ3v) is 3.60. The zero-order chi connectivity index (χ0) is 15.9. The molecule has 0 heterocycles. The molecular weight excluding hydrogens is 344 g/mol. The monoisotopic (exact) mass is 360 g/mol. The molecule has 0 unspecified atom stereocenters. The normalized spacial score (nSPS) is 10.1. The fourth-order valence-electron chi connectivity index (χ4n) is 1.99. The van der Waals surface area contributed by atoms with E-state index in [1.165, 1.54) is 0 Å². The van der Waals surface area contributed by atoms with E-state index in [-0.39, 0.29) is 18.2 Å². The molecule has 4 nitrogen and oxygen atoms in total. The van der Waals surface area contributed by atoms with Crippen LogP contribution in [0.2, 0.25) is 0 Å². The third kappa shape index (κ3) is 5.00. The molecule has 1 N–H and O–H groups in total. The number of nitrogens with zero attached hydrogens (tertiary/aromatic N) is 1. The number of carbonyl (C=O) groups excluding carboxylic acids is 2. The van der Waals surface area contributed by atoms with Gasteiger partial charge in [0.25, 0.3) is 0 Å². The van der Waals surface area contributed by atoms with Gasteiger partial charge >= 0.3 is 0 Å². The predicted molar refractivity (Wildman–Crippen MR) is 90.3 cm³/mol. The molecule has 0 aliphatic rings. The lowest BCUT2D eigenvalue weighted by atomic mass is 10.2. The van der Waals surface area contributed by atoms with Crippen LogP contribution in [-0.4, -0.2) is 23.8 Å². The lowest BCUT2D eigenvalue weighted by Gasteiger charge is -2.17. The van der Waals surface area contributed by atoms with Crippen LogP contribution >= 0.6 is 15.9 Å². The Morgan fingerprint density at radius 2 is 1.82 bits per heavy atom. The maximum Gasteiger partial charge on any atom is 0.233 e. The van der Waals surface area contributed by atoms with E-state index in [1.54, 1.807) is 24.1 Å². The van der Waals surface area contributed by atoms with Crippen molar-refractivity contribution in [1.29, 1.82) is 0 Å². The molecule has 0 saturated heterocycles. The van der Waals surface area contributed by atoms with Crippen molar-refractivity contribution >= 4 is 33.4 Å². The zero-order valence-electron chi connectivity index (χ0n) is 12.3. The molecule has 5 heteroatoms. The molecule has 22 heavy (non-hydrogen) atoms. The number of amides is 2. The Balaban J connectivity index is 1.87. The van der Waals surface area contributed by atoms with Crippen molar-refractivity contribution in [3.8, 4) is 0 Å². The van der Waals surface area contributed by atoms with Crippen molar-refractivity contribution in [3.05, 3.63) is 64.6 Å². The Kier molecular flexibility index (Phi) is 5.72. The maximum absolute atomic E-state index is 12.1. The molecule has 2 aromatic rings. The van der Waals surface area contributed by atoms with Crippen LogP contribution in [0.1, 0.15) is 12.0 Å². The lowest BCUT2D eigenvalue weighted by Crippen LogP contribution is -2.30. The SMILES string of the molecule is CN(Cc1ccccc1)C(=O)CC(=O)Nc1cccc(Br)c1. The lowest BCUT2D eigenvalue weighted by molar-refractivity contribution is -0.133. The second kappa shape index (κ2) is 7.75. The first-order valence-electron chi connectivity index (χ1n) is 6.88. The Morgan fingerprint density at radius 1 is 1.09 bits per heavy atom. The van der Waals surface area contributed by atoms with Gasteiger partial charge in [0.1, 0.15) is 6.42 Å². The van der Waals surface area contributed by atoms with Crippen LogP contribution in [-0.2, 0) is 16.1 Å². The molecule has 0 fully saturated rings. The van der Waals surface area contributed by atoms with E-state index in [2.05, 4.69) is 21.2 Å². The summed E-state index contributed by atoms with van der Waals surface area (Å²) in [5.41, 5.74) is 1.70. The number of carbonyl (C=O) groups is 2. The van der Waals surface area contributed by atoms with Gasteiger partial charge < -0.3 is 10.2 Å². The molecule has 0 radical (unpaired) electrons. The van der Waals surface area contributed by atoms with Crippen molar-refractivity contribution in [2.75, 3.05) is 12.4 Å². The highest BCUT2D eigenvalue weighted by Gasteiger charge is 2.14. The molecule has 0 aliphatic heterocycles. The minimum atomic E-state index is -0.317. The molecule has 2 aromatic carbocycles. The summed E-state index contributed by atoms with van der Waals surface area (Å²) >= 11 is 3.34. The summed E-state index contributed by atoms with van der Waals surface area (Å²) < 4.78 is 0.873. The molecule has 0 spiro atoms. The minimum absolute atomic E-state index is 0.171. The standard InChI is InChI=1S/C17H17BrN2O2/c1-20(12-13-6-3-2-4-7-13)17(22)11-16(21)19-15-9-5-8-14(18)10-15/h2-10H,11-12H2,1H3,(H,19,21). The van der Waals surface area contributed by atoms with Crippen LogP contribution in [0.25, 0.3) is 0 Å². The highest BCUT2D eigenvalue weighted by molar-refractivity contribution is 9.10. The minimum Gasteiger partial charge on any atom is -0.341 e. The van der Waals surface area contributed by atoms with E-state index >= 15 is 0 Å². The van der Waals surface area contributed by atoms with Gasteiger partial charge in [0, 0.05) is 23.8 Å². The van der Waals surface area contributed by atoms with Gasteiger partial charge in [-0.3, -0.25) is 9.59 Å². The van der Waals surface area contributed by atoms with Crippen molar-refractivity contribution in [3.63, 3.8) is 0 Å². The summed E-state index contributed by atoms with van der Waals surface area (Å²) in [7, 11) is 1.70. The van der Waals surface area contributed by atoms with Crippen molar-refractivity contribution < 1.29 is 9.59 Å². The number of nitrogens with one attached hydrogen (secondary N) is 1. The Hall–Kier alpha value is -2.14. The van der Waals surface area contributed by atoms with Gasteiger partial charge in [0.2, 0.25) is 11.8 Å². The summed E-state index contributed by atoms with van der Waals surface area (Å²) in [6.07, 6.45) is -0.171. The fourth-order valence-corrected chi connectivity index (χ4v) is 2.39. The largest absolute Gasteiger partial charge is 0.341 e. The molecule has 0 bridgehead atoms. The summed E-state index contributed by atoms with van der Waals surface area (Å²) in [6, 6.07) is 16.9. The van der Waals surface area contributed by atoms with E-state index < -0.39 is 0 Å². The van der Waals surface area contributed by atoms with E-state index in [4.69, 9.17) is 0 Å². The summed E-state index contributed by atoms with van der Waals surface area (Å²) in [5.74, 6) is -0.528. The first kappa shape index (κ1) is 16.2. The second-order valence-electron chi connectivity index (χ2n) is 4.97. The van der Waals surface area contributed by atoms with E-state index in [1.807, 2.05) is 42.5 Å². The molecule has 2 amide bonds. The van der Waals surface area contributed by atoms with Gasteiger partial charge in [-0.05, 0) is 23.8 Å². The second-order valence-corrected chi connectivity index (χ2v) is 5.89. The average Bonchev–Trinajstić information content (AvgIpc) is 2.48. The molecule has 0 aromatic heterocycles. The quantitative estimate of drug-likeness (QED) is 0.830. The third-order valence-electron chi connectivity index (χ3n) is 3.11. The topological polar surface area (TPSA) is 49.4 Å². The van der Waals surface area contributed by atoms with E-state index in [0.717, 1.165) is 10.0 Å². The molecule has 2 rings (SSSR count). The van der Waals surface area contributed by atoms with Crippen LogP contribution in [0.3, 0.4) is 0 Å². The molecule has 0 aliphatic carbocycles. The number of halogens is 1. The number of rotatable bonds is 5. The van der Waals surface area contributed by atoms with Gasteiger partial charge in [-0.1, -0.05) is 52.3 Å². The molecule has 0 atom stereocenters. The highest BCUT2D eigenvalue weighted by atomic mass is 79.9. The first-order valence-corrected chi connectivity index (χ1v) is 7.67. The van der Waals surface area contributed by atoms with Gasteiger partial charge in [0.15, 0.2) is 0 Å². The van der Waals surface area contributed by atoms with Gasteiger partial charge in [0.05, 0.1) is 0 Å². The summed E-state index contributed by atoms with van der Waals surface area (Å²) in [6.45, 7) is 0.490. The number of hydrogen-bond donors (Lipinski definition) is 1. The van der Waals surface area contributed by atoms with Crippen molar-refractivity contribution in [2.24, 2.45) is 0 Å². The first-order chi connectivity index (χ1) is 10.5. The Labute approximate surface area is 138 Å². The van der Waals surface area contributed by atoms with Gasteiger partial charge in [-0.2, -0.15) is 0 Å². The average molecular weight is 361 g/mol. The van der Waals surface area contributed by atoms with Gasteiger partial charge in [-0.25, -0.2) is 0 Å². The van der Waals surface area contributed by atoms with Crippen LogP contribution in [0.15, 0.2) is 59.1 Å². The summed E-state index contributed by atoms with van der Waals surface area (Å²) in [5, 5.41) is 2.72. The van der Waals surface area contributed by atoms with E-state index in [9.17, 15) is 9.59 Å². The molecule has 0 saturated carbocycles. The van der Waals surface area contributed by atoms with Crippen LogP contribution < -0.4 is 5.32 Å². The number of benzene rings is 2. The molecular formula is C17H17BrN2O2. The Morgan fingerprint density at radius 3 is 2.50 bits per heavy atom.